The highest BCUT2D eigenvalue weighted by atomic mass is 14.7. The van der Waals surface area contributed by atoms with Crippen LogP contribution in [0.15, 0.2) is 42.6 Å². The van der Waals surface area contributed by atoms with Crippen LogP contribution in [0.25, 0.3) is 0 Å². The van der Waals surface area contributed by atoms with E-state index in [0.717, 1.165) is 6.42 Å². The minimum Gasteiger partial charge on any atom is -0.261 e. The van der Waals surface area contributed by atoms with Crippen molar-refractivity contribution in [2.45, 2.75) is 127 Å². The van der Waals surface area contributed by atoms with Gasteiger partial charge in [0.1, 0.15) is 0 Å². The van der Waals surface area contributed by atoms with Gasteiger partial charge >= 0.3 is 0 Å². The van der Waals surface area contributed by atoms with Crippen LogP contribution >= 0.6 is 0 Å². The van der Waals surface area contributed by atoms with Gasteiger partial charge in [-0.25, -0.2) is 0 Å². The zero-order valence-electron chi connectivity index (χ0n) is 21.9. The van der Waals surface area contributed by atoms with Gasteiger partial charge in [-0.2, -0.15) is 0 Å². The van der Waals surface area contributed by atoms with Crippen LogP contribution < -0.4 is 0 Å². The molecule has 0 amide bonds. The third-order valence-corrected chi connectivity index (χ3v) is 4.23. The Morgan fingerprint density at radius 3 is 1.55 bits per heavy atom. The van der Waals surface area contributed by atoms with E-state index in [4.69, 9.17) is 0 Å². The summed E-state index contributed by atoms with van der Waals surface area (Å²) in [7, 11) is 0. The molecule has 2 aromatic rings. The molecular weight excluding hydrogens is 374 g/mol. The van der Waals surface area contributed by atoms with Crippen molar-refractivity contribution < 1.29 is 0 Å². The topological polar surface area (TPSA) is 12.9 Å². The lowest BCUT2D eigenvalue weighted by atomic mass is 9.95. The van der Waals surface area contributed by atoms with E-state index in [-0.39, 0.29) is 7.43 Å². The minimum atomic E-state index is 0. The third-order valence-electron chi connectivity index (χ3n) is 4.23. The first-order valence-corrected chi connectivity index (χ1v) is 12.4. The number of aromatic nitrogens is 1. The van der Waals surface area contributed by atoms with E-state index >= 15 is 0 Å². The zero-order chi connectivity index (χ0) is 23.4. The van der Waals surface area contributed by atoms with Crippen molar-refractivity contribution in [3.8, 4) is 0 Å². The van der Waals surface area contributed by atoms with Crippen LogP contribution in [0.5, 0.6) is 0 Å². The van der Waals surface area contributed by atoms with Crippen molar-refractivity contribution in [3.63, 3.8) is 0 Å². The molecule has 180 valence electrons. The second-order valence-electron chi connectivity index (χ2n) is 8.46. The standard InChI is InChI=1S/C12H18.C11H17N.2C3H8.CH4/c1-4-7-11-8-5-6-9-12(11)10(2)3;1-4-6-11-10(9(2)3)7-5-8-12-11;2*1-3-2;/h5-6,8-10H,4,7H2,1-3H3;5,7-9H,4,6H2,1-3H3;2*3H2,1-2H3;1H4. The maximum atomic E-state index is 4.39. The summed E-state index contributed by atoms with van der Waals surface area (Å²) in [6.45, 7) is 21.9. The summed E-state index contributed by atoms with van der Waals surface area (Å²) >= 11 is 0. The Kier molecular flexibility index (Phi) is 25.3. The number of aryl methyl sites for hydroxylation is 2. The van der Waals surface area contributed by atoms with E-state index in [9.17, 15) is 0 Å². The van der Waals surface area contributed by atoms with E-state index in [1.807, 2.05) is 12.3 Å². The number of benzene rings is 1. The second kappa shape index (κ2) is 23.0. The van der Waals surface area contributed by atoms with Gasteiger partial charge in [0.05, 0.1) is 0 Å². The maximum absolute atomic E-state index is 4.39. The predicted octanol–water partition coefficient (Wildman–Crippen LogP) is 10.4. The van der Waals surface area contributed by atoms with Crippen molar-refractivity contribution in [3.05, 3.63) is 65.0 Å². The molecule has 0 fully saturated rings. The number of pyridine rings is 1. The SMILES string of the molecule is C.CCC.CCC.CCCc1ccccc1C(C)C.CCCc1ncccc1C(C)C. The normalized spacial score (nSPS) is 9.42. The van der Waals surface area contributed by atoms with Crippen LogP contribution in [0.4, 0.5) is 0 Å². The van der Waals surface area contributed by atoms with E-state index in [0.29, 0.717) is 11.8 Å². The van der Waals surface area contributed by atoms with E-state index in [2.05, 4.69) is 105 Å². The van der Waals surface area contributed by atoms with Gasteiger partial charge in [-0.3, -0.25) is 4.98 Å². The number of hydrogen-bond acceptors (Lipinski definition) is 1. The lowest BCUT2D eigenvalue weighted by Crippen LogP contribution is -1.98. The quantitative estimate of drug-likeness (QED) is 0.445. The van der Waals surface area contributed by atoms with Crippen molar-refractivity contribution in [1.82, 2.24) is 4.98 Å². The Morgan fingerprint density at radius 1 is 0.645 bits per heavy atom. The Hall–Kier alpha value is -1.63. The largest absolute Gasteiger partial charge is 0.261 e. The molecule has 0 saturated heterocycles. The van der Waals surface area contributed by atoms with Crippen LogP contribution in [-0.4, -0.2) is 4.98 Å². The Balaban J connectivity index is -0.000000394. The molecule has 0 bridgehead atoms. The van der Waals surface area contributed by atoms with Crippen molar-refractivity contribution in [1.29, 1.82) is 0 Å². The summed E-state index contributed by atoms with van der Waals surface area (Å²) < 4.78 is 0. The number of nitrogens with zero attached hydrogens (tertiary/aromatic N) is 1. The minimum absolute atomic E-state index is 0. The summed E-state index contributed by atoms with van der Waals surface area (Å²) in [4.78, 5) is 4.39. The average Bonchev–Trinajstić information content (AvgIpc) is 2.71. The fourth-order valence-corrected chi connectivity index (χ4v) is 3.02. The zero-order valence-corrected chi connectivity index (χ0v) is 21.9. The summed E-state index contributed by atoms with van der Waals surface area (Å²) in [5.74, 6) is 1.26. The Morgan fingerprint density at radius 2 is 1.10 bits per heavy atom. The molecule has 0 saturated carbocycles. The molecule has 0 unspecified atom stereocenters. The third kappa shape index (κ3) is 16.7. The van der Waals surface area contributed by atoms with Gasteiger partial charge in [0.25, 0.3) is 0 Å². The first kappa shape index (κ1) is 34.0. The van der Waals surface area contributed by atoms with Gasteiger partial charge < -0.3 is 0 Å². The van der Waals surface area contributed by atoms with E-state index in [1.54, 1.807) is 0 Å². The Labute approximate surface area is 197 Å². The highest BCUT2D eigenvalue weighted by molar-refractivity contribution is 5.29. The summed E-state index contributed by atoms with van der Waals surface area (Å²) in [6.07, 6.45) is 9.13. The monoisotopic (exact) mass is 429 g/mol. The van der Waals surface area contributed by atoms with Crippen LogP contribution in [0.1, 0.15) is 137 Å². The van der Waals surface area contributed by atoms with E-state index in [1.165, 1.54) is 54.5 Å². The van der Waals surface area contributed by atoms with E-state index < -0.39 is 0 Å². The maximum Gasteiger partial charge on any atom is 0.0438 e. The molecule has 1 heterocycles. The predicted molar refractivity (Wildman–Crippen MR) is 146 cm³/mol. The molecule has 0 aliphatic rings. The first-order valence-electron chi connectivity index (χ1n) is 12.4. The number of hydrogen-bond donors (Lipinski definition) is 0. The second-order valence-corrected chi connectivity index (χ2v) is 8.46. The van der Waals surface area contributed by atoms with Crippen LogP contribution in [0.3, 0.4) is 0 Å². The molecule has 1 aromatic carbocycles. The number of rotatable bonds is 6. The van der Waals surface area contributed by atoms with Gasteiger partial charge in [0.2, 0.25) is 0 Å². The molecule has 1 heteroatoms. The summed E-state index contributed by atoms with van der Waals surface area (Å²) in [5, 5.41) is 0. The van der Waals surface area contributed by atoms with Crippen molar-refractivity contribution in [2.75, 3.05) is 0 Å². The van der Waals surface area contributed by atoms with Gasteiger partial charge in [-0.05, 0) is 47.4 Å². The molecule has 0 N–H and O–H groups in total. The molecule has 0 aliphatic heterocycles. The van der Waals surface area contributed by atoms with Crippen LogP contribution in [-0.2, 0) is 12.8 Å². The molecular formula is C30H55N. The highest BCUT2D eigenvalue weighted by Crippen LogP contribution is 2.20. The molecule has 1 aromatic heterocycles. The summed E-state index contributed by atoms with van der Waals surface area (Å²) in [5.41, 5.74) is 5.71. The molecule has 0 atom stereocenters. The highest BCUT2D eigenvalue weighted by Gasteiger charge is 2.05. The molecule has 31 heavy (non-hydrogen) atoms. The first-order chi connectivity index (χ1) is 14.3. The Bertz CT molecular complexity index is 558. The average molecular weight is 430 g/mol. The lowest BCUT2D eigenvalue weighted by molar-refractivity contribution is 0.794. The van der Waals surface area contributed by atoms with Crippen LogP contribution in [0, 0.1) is 0 Å². The van der Waals surface area contributed by atoms with Crippen molar-refractivity contribution in [2.24, 2.45) is 0 Å². The van der Waals surface area contributed by atoms with Gasteiger partial charge in [0, 0.05) is 11.9 Å². The fraction of sp³-hybridized carbons (Fsp3) is 0.633. The molecule has 0 spiro atoms. The summed E-state index contributed by atoms with van der Waals surface area (Å²) in [6, 6.07) is 13.0. The van der Waals surface area contributed by atoms with Gasteiger partial charge in [-0.15, -0.1) is 0 Å². The van der Waals surface area contributed by atoms with Gasteiger partial charge in [0.15, 0.2) is 0 Å². The van der Waals surface area contributed by atoms with Gasteiger partial charge in [-0.1, -0.05) is 133 Å². The van der Waals surface area contributed by atoms with Crippen molar-refractivity contribution >= 4 is 0 Å². The molecule has 2 rings (SSSR count). The van der Waals surface area contributed by atoms with Crippen LogP contribution in [0.2, 0.25) is 0 Å². The lowest BCUT2D eigenvalue weighted by Gasteiger charge is -2.11. The molecule has 0 aliphatic carbocycles. The fourth-order valence-electron chi connectivity index (χ4n) is 3.02. The molecule has 1 nitrogen and oxygen atoms in total. The molecule has 0 radical (unpaired) electrons. The smallest absolute Gasteiger partial charge is 0.0438 e.